The van der Waals surface area contributed by atoms with Gasteiger partial charge in [-0.25, -0.2) is 0 Å². The van der Waals surface area contributed by atoms with Crippen molar-refractivity contribution in [2.24, 2.45) is 11.7 Å². The minimum atomic E-state index is -0.255. The van der Waals surface area contributed by atoms with Crippen molar-refractivity contribution >= 4 is 17.7 Å². The molecule has 66 valence electrons. The Bertz CT molecular complexity index is 119. The van der Waals surface area contributed by atoms with Crippen molar-refractivity contribution in [1.82, 2.24) is 0 Å². The Kier molecular flexibility index (Phi) is 6.36. The molecule has 1 unspecified atom stereocenters. The molecule has 3 N–H and O–H groups in total. The lowest BCUT2D eigenvalue weighted by Gasteiger charge is -2.05. The summed E-state index contributed by atoms with van der Waals surface area (Å²) < 4.78 is 0. The van der Waals surface area contributed by atoms with Crippen molar-refractivity contribution in [1.29, 1.82) is 0 Å². The van der Waals surface area contributed by atoms with E-state index < -0.39 is 0 Å². The standard InChI is InChI=1S/C7H15NO2S/c1-6(4-9)5-11-3-2-7(8)10/h6,9H,2-5H2,1H3,(H2,8,10). The first-order chi connectivity index (χ1) is 5.16. The van der Waals surface area contributed by atoms with Crippen LogP contribution < -0.4 is 5.73 Å². The van der Waals surface area contributed by atoms with Crippen molar-refractivity contribution < 1.29 is 9.90 Å². The molecule has 0 saturated heterocycles. The number of carbonyl (C=O) groups is 1. The average Bonchev–Trinajstić information content (AvgIpc) is 1.97. The monoisotopic (exact) mass is 177 g/mol. The molecule has 0 aliphatic heterocycles. The van der Waals surface area contributed by atoms with Crippen LogP contribution in [0.5, 0.6) is 0 Å². The molecule has 0 aromatic carbocycles. The topological polar surface area (TPSA) is 63.3 Å². The Morgan fingerprint density at radius 2 is 2.36 bits per heavy atom. The van der Waals surface area contributed by atoms with Gasteiger partial charge in [0.1, 0.15) is 0 Å². The summed E-state index contributed by atoms with van der Waals surface area (Å²) in [7, 11) is 0. The Hall–Kier alpha value is -0.220. The van der Waals surface area contributed by atoms with E-state index >= 15 is 0 Å². The number of hydrogen-bond donors (Lipinski definition) is 2. The maximum absolute atomic E-state index is 10.3. The predicted octanol–water partition coefficient (Wildman–Crippen LogP) is 0.223. The van der Waals surface area contributed by atoms with Crippen molar-refractivity contribution in [3.63, 3.8) is 0 Å². The molecular weight excluding hydrogens is 162 g/mol. The summed E-state index contributed by atoms with van der Waals surface area (Å²) in [5, 5.41) is 8.64. The lowest BCUT2D eigenvalue weighted by atomic mass is 10.2. The molecule has 0 heterocycles. The number of hydrogen-bond acceptors (Lipinski definition) is 3. The largest absolute Gasteiger partial charge is 0.396 e. The smallest absolute Gasteiger partial charge is 0.218 e. The van der Waals surface area contributed by atoms with Gasteiger partial charge in [-0.3, -0.25) is 4.79 Å². The molecule has 0 radical (unpaired) electrons. The number of rotatable bonds is 6. The minimum Gasteiger partial charge on any atom is -0.396 e. The number of aliphatic hydroxyl groups excluding tert-OH is 1. The molecule has 0 aliphatic rings. The van der Waals surface area contributed by atoms with E-state index in [-0.39, 0.29) is 12.5 Å². The Morgan fingerprint density at radius 3 is 2.82 bits per heavy atom. The second-order valence-corrected chi connectivity index (χ2v) is 3.73. The van der Waals surface area contributed by atoms with E-state index in [9.17, 15) is 4.79 Å². The van der Waals surface area contributed by atoms with Gasteiger partial charge in [-0.05, 0) is 11.7 Å². The molecule has 0 saturated carbocycles. The van der Waals surface area contributed by atoms with Gasteiger partial charge in [0.25, 0.3) is 0 Å². The minimum absolute atomic E-state index is 0.212. The molecular formula is C7H15NO2S. The maximum Gasteiger partial charge on any atom is 0.218 e. The summed E-state index contributed by atoms with van der Waals surface area (Å²) in [6, 6.07) is 0. The van der Waals surface area contributed by atoms with Crippen LogP contribution >= 0.6 is 11.8 Å². The van der Waals surface area contributed by atoms with Crippen LogP contribution in [-0.4, -0.2) is 29.1 Å². The number of aliphatic hydroxyl groups is 1. The van der Waals surface area contributed by atoms with Crippen molar-refractivity contribution in [2.45, 2.75) is 13.3 Å². The van der Waals surface area contributed by atoms with Gasteiger partial charge >= 0.3 is 0 Å². The molecule has 0 aromatic heterocycles. The number of primary amides is 1. The molecule has 0 bridgehead atoms. The fourth-order valence-electron chi connectivity index (χ4n) is 0.510. The zero-order valence-electron chi connectivity index (χ0n) is 6.75. The second kappa shape index (κ2) is 6.49. The summed E-state index contributed by atoms with van der Waals surface area (Å²) in [5.74, 6) is 1.71. The molecule has 11 heavy (non-hydrogen) atoms. The van der Waals surface area contributed by atoms with Crippen molar-refractivity contribution in [2.75, 3.05) is 18.1 Å². The van der Waals surface area contributed by atoms with Crippen LogP contribution in [0.25, 0.3) is 0 Å². The highest BCUT2D eigenvalue weighted by Gasteiger charge is 2.00. The quantitative estimate of drug-likeness (QED) is 0.571. The molecule has 3 nitrogen and oxygen atoms in total. The number of amides is 1. The van der Waals surface area contributed by atoms with Gasteiger partial charge in [0.2, 0.25) is 5.91 Å². The highest BCUT2D eigenvalue weighted by atomic mass is 32.2. The Labute approximate surface area is 71.3 Å². The van der Waals surface area contributed by atoms with Crippen LogP contribution in [0.2, 0.25) is 0 Å². The number of carbonyl (C=O) groups excluding carboxylic acids is 1. The van der Waals surface area contributed by atoms with Crippen LogP contribution in [0.1, 0.15) is 13.3 Å². The first-order valence-corrected chi connectivity index (χ1v) is 4.79. The van der Waals surface area contributed by atoms with Crippen LogP contribution in [-0.2, 0) is 4.79 Å². The van der Waals surface area contributed by atoms with E-state index in [4.69, 9.17) is 10.8 Å². The van der Waals surface area contributed by atoms with Gasteiger partial charge in [-0.15, -0.1) is 0 Å². The fourth-order valence-corrected chi connectivity index (χ4v) is 1.53. The third kappa shape index (κ3) is 7.68. The predicted molar refractivity (Wildman–Crippen MR) is 47.4 cm³/mol. The fraction of sp³-hybridized carbons (Fsp3) is 0.857. The van der Waals surface area contributed by atoms with Gasteiger partial charge in [-0.1, -0.05) is 6.92 Å². The van der Waals surface area contributed by atoms with E-state index in [0.29, 0.717) is 12.3 Å². The van der Waals surface area contributed by atoms with Gasteiger partial charge in [0.15, 0.2) is 0 Å². The highest BCUT2D eigenvalue weighted by molar-refractivity contribution is 7.99. The van der Waals surface area contributed by atoms with Crippen LogP contribution in [0.15, 0.2) is 0 Å². The number of thioether (sulfide) groups is 1. The SMILES string of the molecule is CC(CO)CSCCC(N)=O. The molecule has 4 heteroatoms. The lowest BCUT2D eigenvalue weighted by molar-refractivity contribution is -0.117. The van der Waals surface area contributed by atoms with Crippen LogP contribution in [0.3, 0.4) is 0 Å². The molecule has 0 rings (SSSR count). The lowest BCUT2D eigenvalue weighted by Crippen LogP contribution is -2.12. The van der Waals surface area contributed by atoms with Gasteiger partial charge in [0.05, 0.1) is 0 Å². The van der Waals surface area contributed by atoms with E-state index in [1.165, 1.54) is 0 Å². The molecule has 0 spiro atoms. The molecule has 0 aliphatic carbocycles. The summed E-state index contributed by atoms with van der Waals surface area (Å²) in [5.41, 5.74) is 4.94. The zero-order valence-corrected chi connectivity index (χ0v) is 7.56. The van der Waals surface area contributed by atoms with Crippen molar-refractivity contribution in [3.05, 3.63) is 0 Å². The third-order valence-electron chi connectivity index (χ3n) is 1.21. The first-order valence-electron chi connectivity index (χ1n) is 3.63. The van der Waals surface area contributed by atoms with Gasteiger partial charge < -0.3 is 10.8 Å². The van der Waals surface area contributed by atoms with Crippen LogP contribution in [0.4, 0.5) is 0 Å². The molecule has 0 fully saturated rings. The average molecular weight is 177 g/mol. The molecule has 1 atom stereocenters. The van der Waals surface area contributed by atoms with E-state index in [2.05, 4.69) is 0 Å². The van der Waals surface area contributed by atoms with E-state index in [1.54, 1.807) is 11.8 Å². The molecule has 1 amide bonds. The Balaban J connectivity index is 3.08. The molecule has 0 aromatic rings. The van der Waals surface area contributed by atoms with E-state index in [1.807, 2.05) is 6.92 Å². The summed E-state index contributed by atoms with van der Waals surface area (Å²) >= 11 is 1.65. The number of nitrogens with two attached hydrogens (primary N) is 1. The van der Waals surface area contributed by atoms with Gasteiger partial charge in [-0.2, -0.15) is 11.8 Å². The highest BCUT2D eigenvalue weighted by Crippen LogP contribution is 2.08. The zero-order chi connectivity index (χ0) is 8.69. The van der Waals surface area contributed by atoms with Gasteiger partial charge in [0, 0.05) is 18.8 Å². The maximum atomic E-state index is 10.3. The van der Waals surface area contributed by atoms with Crippen molar-refractivity contribution in [3.8, 4) is 0 Å². The third-order valence-corrected chi connectivity index (χ3v) is 2.50. The summed E-state index contributed by atoms with van der Waals surface area (Å²) in [4.78, 5) is 10.3. The van der Waals surface area contributed by atoms with Crippen LogP contribution in [0, 0.1) is 5.92 Å². The Morgan fingerprint density at radius 1 is 1.73 bits per heavy atom. The summed E-state index contributed by atoms with van der Waals surface area (Å²) in [6.07, 6.45) is 0.433. The summed E-state index contributed by atoms with van der Waals surface area (Å²) in [6.45, 7) is 2.18. The first kappa shape index (κ1) is 10.8. The second-order valence-electron chi connectivity index (χ2n) is 2.58. The normalized spacial score (nSPS) is 12.9. The van der Waals surface area contributed by atoms with E-state index in [0.717, 1.165) is 11.5 Å².